The average molecular weight is 696 g/mol. The lowest BCUT2D eigenvalue weighted by molar-refractivity contribution is -0.139. The number of aldehydes is 1. The number of rotatable bonds is 32. The number of ether oxygens (including phenoxy) is 3. The number of hydrogen-bond acceptors (Lipinski definition) is 7. The zero-order valence-corrected chi connectivity index (χ0v) is 31.9. The first-order valence-corrected chi connectivity index (χ1v) is 19.6. The molecule has 3 amide bonds. The summed E-state index contributed by atoms with van der Waals surface area (Å²) >= 11 is 0. The van der Waals surface area contributed by atoms with Gasteiger partial charge in [0.2, 0.25) is 17.7 Å². The van der Waals surface area contributed by atoms with Crippen molar-refractivity contribution in [2.45, 2.75) is 143 Å². The van der Waals surface area contributed by atoms with Crippen molar-refractivity contribution in [3.05, 3.63) is 0 Å². The molecule has 10 nitrogen and oxygen atoms in total. The van der Waals surface area contributed by atoms with Gasteiger partial charge in [0.1, 0.15) is 12.3 Å². The van der Waals surface area contributed by atoms with Crippen LogP contribution in [0, 0.1) is 23.7 Å². The predicted molar refractivity (Wildman–Crippen MR) is 196 cm³/mol. The zero-order valence-electron chi connectivity index (χ0n) is 31.9. The van der Waals surface area contributed by atoms with Crippen molar-refractivity contribution >= 4 is 24.0 Å². The molecule has 10 heteroatoms. The monoisotopic (exact) mass is 696 g/mol. The Balaban J connectivity index is 2.04. The Labute approximate surface area is 298 Å². The van der Waals surface area contributed by atoms with Crippen molar-refractivity contribution in [2.24, 2.45) is 23.7 Å². The highest BCUT2D eigenvalue weighted by Crippen LogP contribution is 2.24. The Morgan fingerprint density at radius 2 is 1.20 bits per heavy atom. The van der Waals surface area contributed by atoms with Gasteiger partial charge < -0.3 is 34.5 Å². The molecule has 1 aliphatic rings. The Kier molecular flexibility index (Phi) is 27.2. The molecule has 1 fully saturated rings. The van der Waals surface area contributed by atoms with Crippen LogP contribution in [0.3, 0.4) is 0 Å². The van der Waals surface area contributed by atoms with Gasteiger partial charge in [-0.2, -0.15) is 0 Å². The van der Waals surface area contributed by atoms with Gasteiger partial charge in [-0.25, -0.2) is 0 Å². The van der Waals surface area contributed by atoms with Crippen molar-refractivity contribution in [1.82, 2.24) is 15.5 Å². The van der Waals surface area contributed by atoms with Crippen molar-refractivity contribution in [2.75, 3.05) is 59.3 Å². The van der Waals surface area contributed by atoms with Gasteiger partial charge in [0.15, 0.2) is 0 Å². The summed E-state index contributed by atoms with van der Waals surface area (Å²) in [5.41, 5.74) is 0. The fourth-order valence-corrected chi connectivity index (χ4v) is 6.37. The molecule has 286 valence electrons. The molecular weight excluding hydrogens is 622 g/mol. The van der Waals surface area contributed by atoms with Gasteiger partial charge in [0.05, 0.1) is 26.4 Å². The summed E-state index contributed by atoms with van der Waals surface area (Å²) in [6.07, 6.45) is 16.3. The zero-order chi connectivity index (χ0) is 36.1. The molecule has 1 rings (SSSR count). The highest BCUT2D eigenvalue weighted by molar-refractivity contribution is 5.88. The Morgan fingerprint density at radius 3 is 1.76 bits per heavy atom. The highest BCUT2D eigenvalue weighted by atomic mass is 16.5. The second-order valence-electron chi connectivity index (χ2n) is 14.8. The van der Waals surface area contributed by atoms with E-state index in [1.165, 1.54) is 51.4 Å². The van der Waals surface area contributed by atoms with E-state index in [0.717, 1.165) is 43.3 Å². The summed E-state index contributed by atoms with van der Waals surface area (Å²) in [6, 6.07) is -0.351. The minimum atomic E-state index is -0.351. The Morgan fingerprint density at radius 1 is 0.694 bits per heavy atom. The van der Waals surface area contributed by atoms with E-state index in [4.69, 9.17) is 14.2 Å². The second-order valence-corrected chi connectivity index (χ2v) is 14.8. The van der Waals surface area contributed by atoms with Crippen LogP contribution in [0.5, 0.6) is 0 Å². The van der Waals surface area contributed by atoms with E-state index in [9.17, 15) is 19.2 Å². The summed E-state index contributed by atoms with van der Waals surface area (Å²) < 4.78 is 16.6. The van der Waals surface area contributed by atoms with E-state index in [0.29, 0.717) is 84.5 Å². The summed E-state index contributed by atoms with van der Waals surface area (Å²) in [6.45, 7) is 16.3. The molecule has 0 aromatic heterocycles. The van der Waals surface area contributed by atoms with Gasteiger partial charge in [0, 0.05) is 52.1 Å². The molecule has 0 saturated carbocycles. The lowest BCUT2D eigenvalue weighted by Gasteiger charge is -2.25. The van der Waals surface area contributed by atoms with Crippen molar-refractivity contribution in [3.63, 3.8) is 0 Å². The van der Waals surface area contributed by atoms with Gasteiger partial charge in [-0.1, -0.05) is 92.4 Å². The van der Waals surface area contributed by atoms with Crippen molar-refractivity contribution in [1.29, 1.82) is 0 Å². The van der Waals surface area contributed by atoms with Gasteiger partial charge in [-0.15, -0.1) is 0 Å². The summed E-state index contributed by atoms with van der Waals surface area (Å²) in [5.74, 6) is 2.69. The number of nitrogens with zero attached hydrogens (tertiary/aromatic N) is 1. The molecule has 0 aliphatic carbocycles. The maximum Gasteiger partial charge on any atom is 0.242 e. The first-order valence-electron chi connectivity index (χ1n) is 19.6. The number of hydrogen-bond donors (Lipinski definition) is 2. The average Bonchev–Trinajstić information content (AvgIpc) is 3.56. The Bertz CT molecular complexity index is 872. The third-order valence-corrected chi connectivity index (χ3v) is 9.45. The van der Waals surface area contributed by atoms with Gasteiger partial charge in [0.25, 0.3) is 0 Å². The van der Waals surface area contributed by atoms with Gasteiger partial charge in [-0.3, -0.25) is 14.4 Å². The van der Waals surface area contributed by atoms with Gasteiger partial charge >= 0.3 is 0 Å². The molecule has 2 N–H and O–H groups in total. The summed E-state index contributed by atoms with van der Waals surface area (Å²) in [4.78, 5) is 49.4. The lowest BCUT2D eigenvalue weighted by Crippen LogP contribution is -2.46. The maximum absolute atomic E-state index is 13.1. The minimum absolute atomic E-state index is 0.0508. The van der Waals surface area contributed by atoms with E-state index >= 15 is 0 Å². The number of carbonyl (C=O) groups is 4. The van der Waals surface area contributed by atoms with E-state index in [1.807, 2.05) is 4.90 Å². The van der Waals surface area contributed by atoms with E-state index in [-0.39, 0.29) is 36.6 Å². The van der Waals surface area contributed by atoms with E-state index in [1.54, 1.807) is 0 Å². The van der Waals surface area contributed by atoms with Crippen molar-refractivity contribution < 1.29 is 33.4 Å². The molecule has 1 heterocycles. The van der Waals surface area contributed by atoms with E-state index in [2.05, 4.69) is 45.3 Å². The van der Waals surface area contributed by atoms with E-state index < -0.39 is 0 Å². The third-order valence-electron chi connectivity index (χ3n) is 9.45. The summed E-state index contributed by atoms with van der Waals surface area (Å²) in [5, 5.41) is 5.75. The first-order chi connectivity index (χ1) is 23.6. The fourth-order valence-electron chi connectivity index (χ4n) is 6.37. The molecule has 4 atom stereocenters. The SMILES string of the molecule is CC(C)CCCC(C)CCCC(C)CCCC(C)CC(=O)N1CCCC1C(=O)NCCCOCCOCCOCCCNC(=O)CCC=O. The number of carbonyl (C=O) groups excluding carboxylic acids is 4. The van der Waals surface area contributed by atoms with Crippen LogP contribution in [0.25, 0.3) is 0 Å². The topological polar surface area (TPSA) is 123 Å². The molecule has 0 aromatic rings. The first kappa shape index (κ1) is 45.0. The molecule has 1 saturated heterocycles. The van der Waals surface area contributed by atoms with Crippen LogP contribution in [0.2, 0.25) is 0 Å². The van der Waals surface area contributed by atoms with Gasteiger partial charge in [-0.05, 0) is 49.4 Å². The number of nitrogens with one attached hydrogen (secondary N) is 2. The molecule has 0 bridgehead atoms. The molecule has 4 unspecified atom stereocenters. The van der Waals surface area contributed by atoms with Crippen LogP contribution in [-0.4, -0.2) is 94.2 Å². The molecule has 0 aromatic carbocycles. The Hall–Kier alpha value is -2.04. The predicted octanol–water partition coefficient (Wildman–Crippen LogP) is 6.48. The normalized spacial score (nSPS) is 16.4. The standard InChI is InChI=1S/C39H73N3O7/c1-32(2)13-6-14-33(3)15-7-16-34(4)17-8-18-35(5)31-38(45)42-23-9-19-36(42)39(46)41-22-12-26-48-28-30-49-29-27-47-25-11-21-40-37(44)20-10-24-43/h24,32-36H,6-23,25-31H2,1-5H3,(H,40,44)(H,41,46). The number of amides is 3. The third kappa shape index (κ3) is 24.7. The van der Waals surface area contributed by atoms with Crippen LogP contribution in [0.1, 0.15) is 137 Å². The van der Waals surface area contributed by atoms with Crippen LogP contribution < -0.4 is 10.6 Å². The molecule has 0 radical (unpaired) electrons. The van der Waals surface area contributed by atoms with Crippen LogP contribution in [-0.2, 0) is 33.4 Å². The second kappa shape index (κ2) is 29.7. The molecule has 0 spiro atoms. The molecule has 49 heavy (non-hydrogen) atoms. The minimum Gasteiger partial charge on any atom is -0.379 e. The smallest absolute Gasteiger partial charge is 0.242 e. The molecule has 1 aliphatic heterocycles. The summed E-state index contributed by atoms with van der Waals surface area (Å²) in [7, 11) is 0. The maximum atomic E-state index is 13.1. The van der Waals surface area contributed by atoms with Crippen molar-refractivity contribution in [3.8, 4) is 0 Å². The van der Waals surface area contributed by atoms with Crippen LogP contribution in [0.4, 0.5) is 0 Å². The van der Waals surface area contributed by atoms with Crippen LogP contribution >= 0.6 is 0 Å². The molecular formula is C39H73N3O7. The number of likely N-dealkylation sites (tertiary alicyclic amines) is 1. The quantitative estimate of drug-likeness (QED) is 0.0610. The van der Waals surface area contributed by atoms with Crippen LogP contribution in [0.15, 0.2) is 0 Å². The largest absolute Gasteiger partial charge is 0.379 e. The fraction of sp³-hybridized carbons (Fsp3) is 0.897. The lowest BCUT2D eigenvalue weighted by atomic mass is 9.90. The highest BCUT2D eigenvalue weighted by Gasteiger charge is 2.34.